The highest BCUT2D eigenvalue weighted by atomic mass is 35.5. The predicted molar refractivity (Wildman–Crippen MR) is 114 cm³/mol. The lowest BCUT2D eigenvalue weighted by atomic mass is 9.94. The van der Waals surface area contributed by atoms with Crippen LogP contribution in [0.1, 0.15) is 37.8 Å². The average Bonchev–Trinajstić information content (AvgIpc) is 2.98. The summed E-state index contributed by atoms with van der Waals surface area (Å²) in [6.45, 7) is 7.95. The van der Waals surface area contributed by atoms with Crippen LogP contribution in [-0.2, 0) is 11.3 Å². The topological polar surface area (TPSA) is 41.6 Å². The van der Waals surface area contributed by atoms with Gasteiger partial charge in [0.2, 0.25) is 0 Å². The average molecular weight is 421 g/mol. The summed E-state index contributed by atoms with van der Waals surface area (Å²) >= 11 is 12.3. The molecule has 1 heterocycles. The first-order valence-corrected chi connectivity index (χ1v) is 10.2. The van der Waals surface area contributed by atoms with Gasteiger partial charge in [-0.3, -0.25) is 4.90 Å². The van der Waals surface area contributed by atoms with Crippen LogP contribution in [0.5, 0.6) is 0 Å². The smallest absolute Gasteiger partial charge is 0.407 e. The van der Waals surface area contributed by atoms with Crippen molar-refractivity contribution in [2.75, 3.05) is 13.1 Å². The lowest BCUT2D eigenvalue weighted by molar-refractivity contribution is 0.0502. The third-order valence-corrected chi connectivity index (χ3v) is 5.46. The number of ether oxygens (including phenoxy) is 1. The van der Waals surface area contributed by atoms with Crippen molar-refractivity contribution in [3.8, 4) is 0 Å². The Morgan fingerprint density at radius 1 is 1.11 bits per heavy atom. The van der Waals surface area contributed by atoms with Gasteiger partial charge in [-0.05, 0) is 44.0 Å². The molecule has 0 spiro atoms. The zero-order valence-electron chi connectivity index (χ0n) is 16.4. The minimum Gasteiger partial charge on any atom is -0.444 e. The van der Waals surface area contributed by atoms with E-state index < -0.39 is 11.7 Å². The van der Waals surface area contributed by atoms with E-state index in [1.54, 1.807) is 0 Å². The van der Waals surface area contributed by atoms with E-state index in [0.29, 0.717) is 10.0 Å². The van der Waals surface area contributed by atoms with Crippen molar-refractivity contribution in [3.63, 3.8) is 0 Å². The quantitative estimate of drug-likeness (QED) is 0.710. The maximum absolute atomic E-state index is 12.4. The maximum atomic E-state index is 12.4. The van der Waals surface area contributed by atoms with Gasteiger partial charge < -0.3 is 10.1 Å². The van der Waals surface area contributed by atoms with Gasteiger partial charge in [0.15, 0.2) is 0 Å². The number of halogens is 2. The third-order valence-electron chi connectivity index (χ3n) is 4.72. The second-order valence-corrected chi connectivity index (χ2v) is 9.03. The minimum atomic E-state index is -0.536. The van der Waals surface area contributed by atoms with Crippen LogP contribution in [0.25, 0.3) is 0 Å². The zero-order chi connectivity index (χ0) is 20.3. The van der Waals surface area contributed by atoms with Crippen molar-refractivity contribution >= 4 is 29.3 Å². The Balaban J connectivity index is 1.78. The van der Waals surface area contributed by atoms with Gasteiger partial charge in [-0.25, -0.2) is 4.79 Å². The monoisotopic (exact) mass is 420 g/mol. The molecule has 1 fully saturated rings. The van der Waals surface area contributed by atoms with Gasteiger partial charge in [0.05, 0.1) is 16.1 Å². The number of alkyl carbamates (subject to hydrolysis) is 1. The molecular weight excluding hydrogens is 395 g/mol. The van der Waals surface area contributed by atoms with Gasteiger partial charge in [-0.2, -0.15) is 0 Å². The molecule has 1 saturated heterocycles. The molecule has 0 radical (unpaired) electrons. The number of nitrogens with zero attached hydrogens (tertiary/aromatic N) is 1. The fourth-order valence-electron chi connectivity index (χ4n) is 3.54. The van der Waals surface area contributed by atoms with E-state index in [4.69, 9.17) is 27.9 Å². The van der Waals surface area contributed by atoms with Crippen molar-refractivity contribution < 1.29 is 9.53 Å². The second-order valence-electron chi connectivity index (χ2n) is 8.21. The molecule has 0 aromatic heterocycles. The van der Waals surface area contributed by atoms with Gasteiger partial charge in [0, 0.05) is 25.6 Å². The minimum absolute atomic E-state index is 0.0733. The lowest BCUT2D eigenvalue weighted by Gasteiger charge is -2.24. The molecule has 4 nitrogen and oxygen atoms in total. The highest BCUT2D eigenvalue weighted by Gasteiger charge is 2.36. The molecule has 1 amide bonds. The van der Waals surface area contributed by atoms with Crippen LogP contribution in [0.2, 0.25) is 10.0 Å². The van der Waals surface area contributed by atoms with Crippen LogP contribution in [0.4, 0.5) is 4.79 Å². The molecule has 1 N–H and O–H groups in total. The summed E-state index contributed by atoms with van der Waals surface area (Å²) in [6, 6.07) is 15.9. The summed E-state index contributed by atoms with van der Waals surface area (Å²) in [5, 5.41) is 4.11. The fraction of sp³-hybridized carbons (Fsp3) is 0.409. The second kappa shape index (κ2) is 8.73. The fourth-order valence-corrected chi connectivity index (χ4v) is 3.85. The van der Waals surface area contributed by atoms with Crippen LogP contribution in [0.15, 0.2) is 48.5 Å². The van der Waals surface area contributed by atoms with Gasteiger partial charge in [-0.1, -0.05) is 59.6 Å². The lowest BCUT2D eigenvalue weighted by Crippen LogP contribution is -2.42. The first-order chi connectivity index (χ1) is 13.2. The molecule has 2 aromatic carbocycles. The molecule has 150 valence electrons. The van der Waals surface area contributed by atoms with Crippen molar-refractivity contribution in [2.45, 2.75) is 44.9 Å². The number of hydrogen-bond donors (Lipinski definition) is 1. The van der Waals surface area contributed by atoms with Crippen LogP contribution in [0.3, 0.4) is 0 Å². The number of rotatable bonds is 4. The van der Waals surface area contributed by atoms with Crippen LogP contribution in [0, 0.1) is 0 Å². The molecule has 1 aliphatic heterocycles. The number of nitrogens with one attached hydrogen (secondary N) is 1. The first kappa shape index (κ1) is 21.0. The Hall–Kier alpha value is -1.75. The number of carbonyl (C=O) groups excluding carboxylic acids is 1. The van der Waals surface area contributed by atoms with Gasteiger partial charge in [0.25, 0.3) is 0 Å². The highest BCUT2D eigenvalue weighted by molar-refractivity contribution is 6.42. The number of benzene rings is 2. The Morgan fingerprint density at radius 2 is 1.82 bits per heavy atom. The SMILES string of the molecule is CC(C)(C)OC(=O)N[C@H]1CN(Cc2ccccc2)C[C@@H]1c1ccc(Cl)c(Cl)c1. The molecule has 6 heteroatoms. The molecule has 0 bridgehead atoms. The van der Waals surface area contributed by atoms with E-state index in [0.717, 1.165) is 25.2 Å². The van der Waals surface area contributed by atoms with Gasteiger partial charge in [0.1, 0.15) is 5.60 Å². The standard InChI is InChI=1S/C22H26Cl2N2O2/c1-22(2,3)28-21(27)25-20-14-26(12-15-7-5-4-6-8-15)13-17(20)16-9-10-18(23)19(24)11-16/h4-11,17,20H,12-14H2,1-3H3,(H,25,27)/t17-,20+/m1/s1. The molecule has 1 aliphatic rings. The van der Waals surface area contributed by atoms with E-state index >= 15 is 0 Å². The molecule has 0 unspecified atom stereocenters. The molecular formula is C22H26Cl2N2O2. The van der Waals surface area contributed by atoms with E-state index in [9.17, 15) is 4.79 Å². The number of carbonyl (C=O) groups is 1. The highest BCUT2D eigenvalue weighted by Crippen LogP contribution is 2.33. The van der Waals surface area contributed by atoms with Gasteiger partial charge >= 0.3 is 6.09 Å². The Labute approximate surface area is 176 Å². The summed E-state index contributed by atoms with van der Waals surface area (Å²) < 4.78 is 5.46. The zero-order valence-corrected chi connectivity index (χ0v) is 17.9. The summed E-state index contributed by atoms with van der Waals surface area (Å²) in [7, 11) is 0. The van der Waals surface area contributed by atoms with Gasteiger partial charge in [-0.15, -0.1) is 0 Å². The van der Waals surface area contributed by atoms with Crippen LogP contribution >= 0.6 is 23.2 Å². The normalized spacial score (nSPS) is 20.2. The summed E-state index contributed by atoms with van der Waals surface area (Å²) in [4.78, 5) is 14.7. The molecule has 28 heavy (non-hydrogen) atoms. The van der Waals surface area contributed by atoms with Crippen molar-refractivity contribution in [2.24, 2.45) is 0 Å². The molecule has 2 aromatic rings. The first-order valence-electron chi connectivity index (χ1n) is 9.42. The van der Waals surface area contributed by atoms with E-state index in [1.807, 2.05) is 57.2 Å². The Morgan fingerprint density at radius 3 is 2.46 bits per heavy atom. The number of amides is 1. The molecule has 3 rings (SSSR count). The maximum Gasteiger partial charge on any atom is 0.407 e. The third kappa shape index (κ3) is 5.63. The number of likely N-dealkylation sites (tertiary alicyclic amines) is 1. The van der Waals surface area contributed by atoms with Crippen molar-refractivity contribution in [3.05, 3.63) is 69.7 Å². The molecule has 0 saturated carbocycles. The summed E-state index contributed by atoms with van der Waals surface area (Å²) in [5.41, 5.74) is 1.77. The van der Waals surface area contributed by atoms with Crippen LogP contribution in [-0.4, -0.2) is 35.7 Å². The van der Waals surface area contributed by atoms with E-state index in [-0.39, 0.29) is 12.0 Å². The molecule has 2 atom stereocenters. The Bertz CT molecular complexity index is 821. The van der Waals surface area contributed by atoms with E-state index in [2.05, 4.69) is 22.3 Å². The Kier molecular flexibility index (Phi) is 6.54. The van der Waals surface area contributed by atoms with Crippen LogP contribution < -0.4 is 5.32 Å². The van der Waals surface area contributed by atoms with Crippen molar-refractivity contribution in [1.29, 1.82) is 0 Å². The number of hydrogen-bond acceptors (Lipinski definition) is 3. The summed E-state index contributed by atoms with van der Waals surface area (Å²) in [6.07, 6.45) is -0.399. The molecule has 0 aliphatic carbocycles. The largest absolute Gasteiger partial charge is 0.444 e. The predicted octanol–water partition coefficient (Wildman–Crippen LogP) is 5.49. The van der Waals surface area contributed by atoms with E-state index in [1.165, 1.54) is 5.56 Å². The van der Waals surface area contributed by atoms with Crippen molar-refractivity contribution in [1.82, 2.24) is 10.2 Å². The summed E-state index contributed by atoms with van der Waals surface area (Å²) in [5.74, 6) is 0.103.